The molecule has 6 heteroatoms. The first-order chi connectivity index (χ1) is 9.95. The molecule has 1 aliphatic heterocycles. The molecule has 5 nitrogen and oxygen atoms in total. The van der Waals surface area contributed by atoms with Crippen molar-refractivity contribution >= 4 is 23.6 Å². The van der Waals surface area contributed by atoms with Crippen molar-refractivity contribution in [2.24, 2.45) is 0 Å². The highest BCUT2D eigenvalue weighted by Crippen LogP contribution is 2.33. The lowest BCUT2D eigenvalue weighted by Crippen LogP contribution is -2.45. The van der Waals surface area contributed by atoms with Crippen LogP contribution >= 0.6 is 11.8 Å². The van der Waals surface area contributed by atoms with Crippen LogP contribution in [0.4, 0.5) is 0 Å². The Hall–Kier alpha value is -1.56. The maximum atomic E-state index is 12.8. The molecule has 1 aliphatic rings. The normalized spacial score (nSPS) is 21.6. The van der Waals surface area contributed by atoms with Crippen LogP contribution in [0.25, 0.3) is 0 Å². The summed E-state index contributed by atoms with van der Waals surface area (Å²) in [6, 6.07) is 2.78. The molecule has 0 aliphatic carbocycles. The van der Waals surface area contributed by atoms with Crippen LogP contribution in [0.2, 0.25) is 0 Å². The third-order valence-corrected chi connectivity index (χ3v) is 4.96. The summed E-state index contributed by atoms with van der Waals surface area (Å²) >= 11 is 1.55. The van der Waals surface area contributed by atoms with Gasteiger partial charge in [0.2, 0.25) is 0 Å². The largest absolute Gasteiger partial charge is 0.480 e. The standard InChI is InChI=1S/C15H20N2O3S/c1-4-5-13-17(12(8-21-13)15(19)20)14(18)11-7-6-9(2)16-10(11)3/h6-7,12-13H,4-5,8H2,1-3H3,(H,19,20). The van der Waals surface area contributed by atoms with E-state index < -0.39 is 12.0 Å². The SMILES string of the molecule is CCCC1SCC(C(=O)O)N1C(=O)c1ccc(C)nc1C. The van der Waals surface area contributed by atoms with Gasteiger partial charge in [-0.25, -0.2) is 4.79 Å². The molecule has 1 fully saturated rings. The van der Waals surface area contributed by atoms with Crippen LogP contribution in [0, 0.1) is 13.8 Å². The Morgan fingerprint density at radius 3 is 2.71 bits per heavy atom. The Morgan fingerprint density at radius 1 is 1.43 bits per heavy atom. The average Bonchev–Trinajstić information content (AvgIpc) is 2.82. The number of aliphatic carboxylic acids is 1. The van der Waals surface area contributed by atoms with Crippen LogP contribution in [-0.2, 0) is 4.79 Å². The lowest BCUT2D eigenvalue weighted by molar-refractivity contribution is -0.141. The first kappa shape index (κ1) is 15.8. The number of amides is 1. The topological polar surface area (TPSA) is 70.5 Å². The molecular weight excluding hydrogens is 288 g/mol. The second kappa shape index (κ2) is 6.47. The Morgan fingerprint density at radius 2 is 2.14 bits per heavy atom. The summed E-state index contributed by atoms with van der Waals surface area (Å²) in [7, 11) is 0. The van der Waals surface area contributed by atoms with E-state index in [0.717, 1.165) is 18.5 Å². The molecule has 1 aromatic rings. The van der Waals surface area contributed by atoms with Crippen molar-refractivity contribution in [1.29, 1.82) is 0 Å². The smallest absolute Gasteiger partial charge is 0.327 e. The zero-order chi connectivity index (χ0) is 15.6. The number of pyridine rings is 1. The minimum absolute atomic E-state index is 0.0655. The van der Waals surface area contributed by atoms with Crippen molar-refractivity contribution < 1.29 is 14.7 Å². The number of aromatic nitrogens is 1. The van der Waals surface area contributed by atoms with Gasteiger partial charge < -0.3 is 10.0 Å². The first-order valence-corrected chi connectivity index (χ1v) is 8.12. The fourth-order valence-electron chi connectivity index (χ4n) is 2.55. The van der Waals surface area contributed by atoms with Crippen LogP contribution in [0.15, 0.2) is 12.1 Å². The number of thioether (sulfide) groups is 1. The third-order valence-electron chi connectivity index (χ3n) is 3.60. The minimum Gasteiger partial charge on any atom is -0.480 e. The Balaban J connectivity index is 2.34. The molecule has 2 unspecified atom stereocenters. The number of nitrogens with zero attached hydrogens (tertiary/aromatic N) is 2. The zero-order valence-electron chi connectivity index (χ0n) is 12.5. The van der Waals surface area contributed by atoms with Gasteiger partial charge in [-0.3, -0.25) is 9.78 Å². The Labute approximate surface area is 128 Å². The van der Waals surface area contributed by atoms with E-state index in [1.807, 2.05) is 13.8 Å². The maximum Gasteiger partial charge on any atom is 0.327 e. The van der Waals surface area contributed by atoms with Crippen LogP contribution in [-0.4, -0.2) is 44.0 Å². The first-order valence-electron chi connectivity index (χ1n) is 7.07. The Bertz CT molecular complexity index is 562. The number of carbonyl (C=O) groups excluding carboxylic acids is 1. The van der Waals surface area contributed by atoms with E-state index in [1.165, 1.54) is 4.90 Å². The summed E-state index contributed by atoms with van der Waals surface area (Å²) in [5.74, 6) is -0.715. The van der Waals surface area contributed by atoms with Gasteiger partial charge in [0.1, 0.15) is 6.04 Å². The van der Waals surface area contributed by atoms with Crippen molar-refractivity contribution in [3.8, 4) is 0 Å². The van der Waals surface area contributed by atoms with E-state index in [2.05, 4.69) is 4.98 Å². The molecule has 0 saturated carbocycles. The molecule has 2 rings (SSSR count). The lowest BCUT2D eigenvalue weighted by Gasteiger charge is -2.27. The quantitative estimate of drug-likeness (QED) is 0.925. The lowest BCUT2D eigenvalue weighted by atomic mass is 10.1. The molecule has 2 heterocycles. The molecule has 0 spiro atoms. The average molecular weight is 308 g/mol. The fourth-order valence-corrected chi connectivity index (χ4v) is 4.06. The van der Waals surface area contributed by atoms with Gasteiger partial charge in [-0.1, -0.05) is 13.3 Å². The van der Waals surface area contributed by atoms with Crippen LogP contribution in [0.3, 0.4) is 0 Å². The number of hydrogen-bond donors (Lipinski definition) is 1. The van der Waals surface area contributed by atoms with Gasteiger partial charge in [0.15, 0.2) is 0 Å². The highest BCUT2D eigenvalue weighted by molar-refractivity contribution is 8.00. The molecule has 1 amide bonds. The summed E-state index contributed by atoms with van der Waals surface area (Å²) in [5.41, 5.74) is 1.99. The fraction of sp³-hybridized carbons (Fsp3) is 0.533. The predicted octanol–water partition coefficient (Wildman–Crippen LogP) is 2.47. The van der Waals surface area contributed by atoms with Gasteiger partial charge >= 0.3 is 5.97 Å². The third kappa shape index (κ3) is 3.20. The molecule has 1 N–H and O–H groups in total. The van der Waals surface area contributed by atoms with Crippen molar-refractivity contribution in [2.75, 3.05) is 5.75 Å². The Kier molecular flexibility index (Phi) is 4.88. The number of hydrogen-bond acceptors (Lipinski definition) is 4. The summed E-state index contributed by atoms with van der Waals surface area (Å²) in [4.78, 5) is 30.0. The zero-order valence-corrected chi connectivity index (χ0v) is 13.3. The number of carbonyl (C=O) groups is 2. The summed E-state index contributed by atoms with van der Waals surface area (Å²) in [5, 5.41) is 9.29. The van der Waals surface area contributed by atoms with Crippen molar-refractivity contribution in [2.45, 2.75) is 45.0 Å². The molecule has 0 aromatic carbocycles. The van der Waals surface area contributed by atoms with Crippen molar-refractivity contribution in [3.05, 3.63) is 29.1 Å². The minimum atomic E-state index is -0.938. The van der Waals surface area contributed by atoms with Gasteiger partial charge in [0.25, 0.3) is 5.91 Å². The van der Waals surface area contributed by atoms with Gasteiger partial charge in [0.05, 0.1) is 16.6 Å². The van der Waals surface area contributed by atoms with Crippen LogP contribution in [0.1, 0.15) is 41.5 Å². The van der Waals surface area contributed by atoms with E-state index in [1.54, 1.807) is 30.8 Å². The molecule has 21 heavy (non-hydrogen) atoms. The van der Waals surface area contributed by atoms with E-state index in [0.29, 0.717) is 17.0 Å². The summed E-state index contributed by atoms with van der Waals surface area (Å²) < 4.78 is 0. The molecule has 2 atom stereocenters. The molecule has 1 saturated heterocycles. The van der Waals surface area contributed by atoms with Crippen LogP contribution in [0.5, 0.6) is 0 Å². The summed E-state index contributed by atoms with van der Waals surface area (Å²) in [6.07, 6.45) is 1.72. The van der Waals surface area contributed by atoms with Crippen molar-refractivity contribution in [1.82, 2.24) is 9.88 Å². The van der Waals surface area contributed by atoms with Gasteiger partial charge in [-0.2, -0.15) is 0 Å². The molecule has 114 valence electrons. The van der Waals surface area contributed by atoms with E-state index in [-0.39, 0.29) is 11.3 Å². The molecule has 0 bridgehead atoms. The molecule has 0 radical (unpaired) electrons. The second-order valence-electron chi connectivity index (χ2n) is 5.23. The van der Waals surface area contributed by atoms with E-state index in [9.17, 15) is 14.7 Å². The van der Waals surface area contributed by atoms with Gasteiger partial charge in [-0.15, -0.1) is 11.8 Å². The number of carboxylic acid groups (broad SMARTS) is 1. The highest BCUT2D eigenvalue weighted by Gasteiger charge is 2.41. The van der Waals surface area contributed by atoms with Crippen molar-refractivity contribution in [3.63, 3.8) is 0 Å². The highest BCUT2D eigenvalue weighted by atomic mass is 32.2. The van der Waals surface area contributed by atoms with Gasteiger partial charge in [0, 0.05) is 11.4 Å². The predicted molar refractivity (Wildman–Crippen MR) is 82.5 cm³/mol. The maximum absolute atomic E-state index is 12.8. The van der Waals surface area contributed by atoms with Crippen LogP contribution < -0.4 is 0 Å². The summed E-state index contributed by atoms with van der Waals surface area (Å²) in [6.45, 7) is 5.69. The van der Waals surface area contributed by atoms with E-state index >= 15 is 0 Å². The number of aryl methyl sites for hydroxylation is 2. The second-order valence-corrected chi connectivity index (χ2v) is 6.44. The molecular formula is C15H20N2O3S. The number of rotatable bonds is 4. The monoisotopic (exact) mass is 308 g/mol. The van der Waals surface area contributed by atoms with Gasteiger partial charge in [-0.05, 0) is 32.4 Å². The number of carboxylic acids is 1. The van der Waals surface area contributed by atoms with E-state index in [4.69, 9.17) is 0 Å². The molecule has 1 aromatic heterocycles.